The van der Waals surface area contributed by atoms with E-state index in [-0.39, 0.29) is 22.6 Å². The molecule has 2 aromatic rings. The highest BCUT2D eigenvalue weighted by Crippen LogP contribution is 2.25. The number of hydrogen-bond donors (Lipinski definition) is 1. The summed E-state index contributed by atoms with van der Waals surface area (Å²) in [5.74, 6) is 0.143. The van der Waals surface area contributed by atoms with Crippen molar-refractivity contribution in [3.63, 3.8) is 0 Å². The SMILES string of the molecule is CC(NC(=O)CSc1ccc(S(=O)(=O)N2CCOCC2)cn1)c1ccc2c(c1)CCCC2. The number of benzene rings is 1. The highest BCUT2D eigenvalue weighted by Gasteiger charge is 2.26. The maximum absolute atomic E-state index is 12.7. The average molecular weight is 476 g/mol. The van der Waals surface area contributed by atoms with Crippen LogP contribution in [-0.2, 0) is 32.4 Å². The van der Waals surface area contributed by atoms with Crippen LogP contribution in [0.2, 0.25) is 0 Å². The molecule has 9 heteroatoms. The Morgan fingerprint density at radius 1 is 1.16 bits per heavy atom. The number of pyridine rings is 1. The zero-order chi connectivity index (χ0) is 22.6. The molecular weight excluding hydrogens is 446 g/mol. The van der Waals surface area contributed by atoms with Gasteiger partial charge in [0.1, 0.15) is 4.90 Å². The monoisotopic (exact) mass is 475 g/mol. The second kappa shape index (κ2) is 10.3. The molecule has 1 fully saturated rings. The maximum Gasteiger partial charge on any atom is 0.244 e. The van der Waals surface area contributed by atoms with Crippen LogP contribution in [0.25, 0.3) is 0 Å². The minimum atomic E-state index is -3.56. The number of carbonyl (C=O) groups is 1. The normalized spacial score (nSPS) is 18.0. The molecule has 1 aromatic carbocycles. The molecule has 1 aliphatic heterocycles. The van der Waals surface area contributed by atoms with Gasteiger partial charge in [-0.05, 0) is 61.4 Å². The summed E-state index contributed by atoms with van der Waals surface area (Å²) in [6, 6.07) is 9.66. The summed E-state index contributed by atoms with van der Waals surface area (Å²) in [7, 11) is -3.56. The van der Waals surface area contributed by atoms with E-state index in [9.17, 15) is 13.2 Å². The van der Waals surface area contributed by atoms with Gasteiger partial charge in [0, 0.05) is 19.3 Å². The lowest BCUT2D eigenvalue weighted by Crippen LogP contribution is -2.40. The Kier molecular flexibility index (Phi) is 7.50. The summed E-state index contributed by atoms with van der Waals surface area (Å²) in [5, 5.41) is 3.66. The number of ether oxygens (including phenoxy) is 1. The van der Waals surface area contributed by atoms with E-state index in [4.69, 9.17) is 4.74 Å². The smallest absolute Gasteiger partial charge is 0.244 e. The molecule has 2 aliphatic rings. The Morgan fingerprint density at radius 3 is 2.62 bits per heavy atom. The molecule has 1 atom stereocenters. The number of thioether (sulfide) groups is 1. The van der Waals surface area contributed by atoms with Gasteiger partial charge in [-0.2, -0.15) is 4.31 Å². The molecule has 1 saturated heterocycles. The van der Waals surface area contributed by atoms with Crippen LogP contribution in [0.1, 0.15) is 42.5 Å². The third kappa shape index (κ3) is 5.51. The van der Waals surface area contributed by atoms with Crippen molar-refractivity contribution in [2.24, 2.45) is 0 Å². The molecule has 2 heterocycles. The molecule has 0 spiro atoms. The molecule has 4 rings (SSSR count). The van der Waals surface area contributed by atoms with Gasteiger partial charge in [-0.25, -0.2) is 13.4 Å². The fourth-order valence-electron chi connectivity index (χ4n) is 4.07. The van der Waals surface area contributed by atoms with E-state index in [1.807, 2.05) is 6.92 Å². The van der Waals surface area contributed by atoms with Crippen molar-refractivity contribution in [1.29, 1.82) is 0 Å². The van der Waals surface area contributed by atoms with Gasteiger partial charge in [-0.3, -0.25) is 4.79 Å². The number of fused-ring (bicyclic) bond motifs is 1. The molecule has 0 saturated carbocycles. The van der Waals surface area contributed by atoms with Gasteiger partial charge in [0.05, 0.1) is 30.0 Å². The topological polar surface area (TPSA) is 88.6 Å². The fraction of sp³-hybridized carbons (Fsp3) is 0.478. The quantitative estimate of drug-likeness (QED) is 0.620. The van der Waals surface area contributed by atoms with Crippen LogP contribution in [0.15, 0.2) is 46.5 Å². The van der Waals surface area contributed by atoms with Gasteiger partial charge in [0.25, 0.3) is 0 Å². The zero-order valence-corrected chi connectivity index (χ0v) is 19.9. The molecule has 1 aliphatic carbocycles. The third-order valence-corrected chi connectivity index (χ3v) is 8.74. The van der Waals surface area contributed by atoms with Crippen molar-refractivity contribution in [3.05, 3.63) is 53.2 Å². The second-order valence-electron chi connectivity index (χ2n) is 8.16. The average Bonchev–Trinajstić information content (AvgIpc) is 2.83. The molecule has 1 unspecified atom stereocenters. The highest BCUT2D eigenvalue weighted by molar-refractivity contribution is 7.99. The number of carbonyl (C=O) groups excluding carboxylic acids is 1. The fourth-order valence-corrected chi connectivity index (χ4v) is 6.08. The van der Waals surface area contributed by atoms with Gasteiger partial charge in [-0.1, -0.05) is 30.0 Å². The predicted molar refractivity (Wildman–Crippen MR) is 124 cm³/mol. The first kappa shape index (κ1) is 23.2. The van der Waals surface area contributed by atoms with E-state index >= 15 is 0 Å². The standard InChI is InChI=1S/C23H29N3O4S2/c1-17(19-7-6-18-4-2-3-5-20(18)14-19)25-22(27)16-31-23-9-8-21(15-24-23)32(28,29)26-10-12-30-13-11-26/h6-9,14-15,17H,2-5,10-13,16H2,1H3,(H,25,27). The summed E-state index contributed by atoms with van der Waals surface area (Å²) < 4.78 is 32.0. The number of hydrogen-bond acceptors (Lipinski definition) is 6. The first-order chi connectivity index (χ1) is 15.4. The van der Waals surface area contributed by atoms with E-state index in [2.05, 4.69) is 28.5 Å². The predicted octanol–water partition coefficient (Wildman–Crippen LogP) is 2.95. The minimum absolute atomic E-state index is 0.0654. The van der Waals surface area contributed by atoms with Gasteiger partial charge < -0.3 is 10.1 Å². The van der Waals surface area contributed by atoms with Crippen molar-refractivity contribution in [1.82, 2.24) is 14.6 Å². The van der Waals surface area contributed by atoms with Crippen LogP contribution in [-0.4, -0.2) is 55.7 Å². The van der Waals surface area contributed by atoms with Crippen LogP contribution < -0.4 is 5.32 Å². The highest BCUT2D eigenvalue weighted by atomic mass is 32.2. The molecule has 1 N–H and O–H groups in total. The van der Waals surface area contributed by atoms with Crippen molar-refractivity contribution >= 4 is 27.7 Å². The van der Waals surface area contributed by atoms with E-state index in [1.54, 1.807) is 12.1 Å². The molecule has 0 bridgehead atoms. The summed E-state index contributed by atoms with van der Waals surface area (Å²) in [6.45, 7) is 3.50. The summed E-state index contributed by atoms with van der Waals surface area (Å²) >= 11 is 1.29. The van der Waals surface area contributed by atoms with Gasteiger partial charge in [0.2, 0.25) is 15.9 Å². The molecule has 0 radical (unpaired) electrons. The number of aromatic nitrogens is 1. The lowest BCUT2D eigenvalue weighted by Gasteiger charge is -2.25. The Bertz CT molecular complexity index is 1050. The van der Waals surface area contributed by atoms with Crippen molar-refractivity contribution in [2.45, 2.75) is 48.6 Å². The first-order valence-electron chi connectivity index (χ1n) is 11.0. The lowest BCUT2D eigenvalue weighted by atomic mass is 9.89. The van der Waals surface area contributed by atoms with E-state index < -0.39 is 10.0 Å². The van der Waals surface area contributed by atoms with Crippen LogP contribution in [0.4, 0.5) is 0 Å². The van der Waals surface area contributed by atoms with Crippen molar-refractivity contribution in [2.75, 3.05) is 32.1 Å². The second-order valence-corrected chi connectivity index (χ2v) is 11.1. The summed E-state index contributed by atoms with van der Waals surface area (Å²) in [4.78, 5) is 16.9. The molecule has 1 aromatic heterocycles. The Morgan fingerprint density at radius 2 is 1.91 bits per heavy atom. The number of sulfonamides is 1. The zero-order valence-electron chi connectivity index (χ0n) is 18.2. The largest absolute Gasteiger partial charge is 0.379 e. The van der Waals surface area contributed by atoms with Gasteiger partial charge in [0.15, 0.2) is 0 Å². The van der Waals surface area contributed by atoms with E-state index in [0.29, 0.717) is 31.3 Å². The first-order valence-corrected chi connectivity index (χ1v) is 13.4. The number of morpholine rings is 1. The van der Waals surface area contributed by atoms with Crippen molar-refractivity contribution < 1.29 is 17.9 Å². The summed E-state index contributed by atoms with van der Waals surface area (Å²) in [5.41, 5.74) is 3.96. The lowest BCUT2D eigenvalue weighted by molar-refractivity contribution is -0.119. The van der Waals surface area contributed by atoms with Crippen LogP contribution >= 0.6 is 11.8 Å². The molecular formula is C23H29N3O4S2. The molecule has 7 nitrogen and oxygen atoms in total. The number of amides is 1. The Labute approximate surface area is 194 Å². The Balaban J connectivity index is 1.30. The van der Waals surface area contributed by atoms with Crippen molar-refractivity contribution in [3.8, 4) is 0 Å². The maximum atomic E-state index is 12.7. The molecule has 32 heavy (non-hydrogen) atoms. The van der Waals surface area contributed by atoms with Crippen LogP contribution in [0.3, 0.4) is 0 Å². The number of rotatable bonds is 7. The van der Waals surface area contributed by atoms with Crippen LogP contribution in [0, 0.1) is 0 Å². The summed E-state index contributed by atoms with van der Waals surface area (Å²) in [6.07, 6.45) is 6.10. The number of nitrogens with zero attached hydrogens (tertiary/aromatic N) is 2. The van der Waals surface area contributed by atoms with E-state index in [1.165, 1.54) is 46.2 Å². The number of aryl methyl sites for hydroxylation is 2. The molecule has 1 amide bonds. The molecule has 172 valence electrons. The van der Waals surface area contributed by atoms with Gasteiger partial charge in [-0.15, -0.1) is 0 Å². The number of nitrogens with one attached hydrogen (secondary N) is 1. The van der Waals surface area contributed by atoms with E-state index in [0.717, 1.165) is 18.4 Å². The minimum Gasteiger partial charge on any atom is -0.379 e. The van der Waals surface area contributed by atoms with Gasteiger partial charge >= 0.3 is 0 Å². The third-order valence-electron chi connectivity index (χ3n) is 5.92. The Hall–Kier alpha value is -1.94. The van der Waals surface area contributed by atoms with Crippen LogP contribution in [0.5, 0.6) is 0 Å².